The first-order chi connectivity index (χ1) is 16.5. The number of aromatic nitrogens is 6. The van der Waals surface area contributed by atoms with Gasteiger partial charge in [-0.15, -0.1) is 0 Å². The largest absolute Gasteiger partial charge is 0.339 e. The average molecular weight is 457 g/mol. The maximum absolute atomic E-state index is 13.3. The zero-order valence-electron chi connectivity index (χ0n) is 18.4. The van der Waals surface area contributed by atoms with E-state index in [-0.39, 0.29) is 11.8 Å². The summed E-state index contributed by atoms with van der Waals surface area (Å²) in [5, 5.41) is 11.3. The van der Waals surface area contributed by atoms with E-state index in [9.17, 15) is 9.18 Å². The first-order valence-corrected chi connectivity index (χ1v) is 10.8. The first kappa shape index (κ1) is 20.3. The van der Waals surface area contributed by atoms with E-state index in [4.69, 9.17) is 4.52 Å². The Morgan fingerprint density at radius 1 is 1.18 bits per heavy atom. The van der Waals surface area contributed by atoms with Gasteiger partial charge in [-0.05, 0) is 43.2 Å². The summed E-state index contributed by atoms with van der Waals surface area (Å²) in [6.07, 6.45) is 4.73. The van der Waals surface area contributed by atoms with Gasteiger partial charge in [0.05, 0.1) is 17.8 Å². The monoisotopic (exact) mass is 457 g/mol. The molecule has 1 aliphatic rings. The molecule has 170 valence electrons. The normalized spacial score (nSPS) is 17.3. The van der Waals surface area contributed by atoms with Crippen LogP contribution in [0.2, 0.25) is 0 Å². The molecule has 5 aromatic rings. The number of hydrogen-bond acceptors (Lipinski definition) is 6. The fourth-order valence-electron chi connectivity index (χ4n) is 3.88. The van der Waals surface area contributed by atoms with Crippen molar-refractivity contribution in [2.24, 2.45) is 7.05 Å². The predicted octanol–water partition coefficient (Wildman–Crippen LogP) is 4.17. The molecule has 0 saturated heterocycles. The van der Waals surface area contributed by atoms with Gasteiger partial charge in [-0.1, -0.05) is 17.3 Å². The van der Waals surface area contributed by atoms with Gasteiger partial charge < -0.3 is 9.84 Å². The maximum Gasteiger partial charge on any atom is 0.274 e. The SMILES string of the molecule is Cc1ccc(-c2noc([C@H]3C[C@@H]3F)n2)cc1NC(=O)c1cnc2cc(-c3ccn(C)n3)ccn12. The maximum atomic E-state index is 13.3. The number of halogens is 1. The molecular weight excluding hydrogens is 437 g/mol. The lowest BCUT2D eigenvalue weighted by molar-refractivity contribution is 0.102. The highest BCUT2D eigenvalue weighted by Crippen LogP contribution is 2.43. The van der Waals surface area contributed by atoms with Crippen molar-refractivity contribution in [3.8, 4) is 22.6 Å². The first-order valence-electron chi connectivity index (χ1n) is 10.8. The quantitative estimate of drug-likeness (QED) is 0.425. The van der Waals surface area contributed by atoms with Crippen LogP contribution in [0.5, 0.6) is 0 Å². The number of alkyl halides is 1. The second kappa shape index (κ2) is 7.62. The van der Waals surface area contributed by atoms with E-state index in [2.05, 4.69) is 25.5 Å². The molecule has 10 heteroatoms. The Bertz CT molecular complexity index is 1550. The summed E-state index contributed by atoms with van der Waals surface area (Å²) in [6, 6.07) is 11.2. The molecule has 1 fully saturated rings. The number of amides is 1. The Morgan fingerprint density at radius 3 is 2.79 bits per heavy atom. The minimum atomic E-state index is -0.910. The average Bonchev–Trinajstić information content (AvgIpc) is 3.25. The van der Waals surface area contributed by atoms with Crippen LogP contribution < -0.4 is 5.32 Å². The number of rotatable bonds is 5. The van der Waals surface area contributed by atoms with Crippen LogP contribution in [0.25, 0.3) is 28.3 Å². The standard InChI is InChI=1S/C24H20FN7O2/c1-13-3-4-15(22-28-24(34-30-22)16-11-17(16)25)9-19(13)27-23(33)20-12-26-21-10-14(5-8-32(20)21)18-6-7-31(2)29-18/h3-10,12,16-17H,11H2,1-2H3,(H,27,33)/t16-,17-/m0/s1. The third-order valence-electron chi connectivity index (χ3n) is 5.97. The van der Waals surface area contributed by atoms with E-state index in [1.54, 1.807) is 27.5 Å². The van der Waals surface area contributed by atoms with E-state index < -0.39 is 6.17 Å². The number of anilines is 1. The van der Waals surface area contributed by atoms with Crippen LogP contribution in [0.4, 0.5) is 10.1 Å². The summed E-state index contributed by atoms with van der Waals surface area (Å²) < 4.78 is 22.0. The number of aryl methyl sites for hydroxylation is 2. The summed E-state index contributed by atoms with van der Waals surface area (Å²) in [6.45, 7) is 1.90. The van der Waals surface area contributed by atoms with Crippen molar-refractivity contribution >= 4 is 17.2 Å². The van der Waals surface area contributed by atoms with Gasteiger partial charge in [-0.3, -0.25) is 13.9 Å². The van der Waals surface area contributed by atoms with Crippen LogP contribution in [0.3, 0.4) is 0 Å². The molecule has 9 nitrogen and oxygen atoms in total. The summed E-state index contributed by atoms with van der Waals surface area (Å²) in [5.41, 5.74) is 4.95. The number of nitrogens with one attached hydrogen (secondary N) is 1. The fourth-order valence-corrected chi connectivity index (χ4v) is 3.88. The Balaban J connectivity index is 1.26. The van der Waals surface area contributed by atoms with Crippen LogP contribution in [0, 0.1) is 6.92 Å². The topological polar surface area (TPSA) is 103 Å². The molecule has 2 atom stereocenters. The van der Waals surface area contributed by atoms with Gasteiger partial charge in [0.25, 0.3) is 5.91 Å². The minimum Gasteiger partial charge on any atom is -0.339 e. The molecular formula is C24H20FN7O2. The van der Waals surface area contributed by atoms with Gasteiger partial charge in [-0.25, -0.2) is 9.37 Å². The molecule has 1 aromatic carbocycles. The van der Waals surface area contributed by atoms with Crippen LogP contribution >= 0.6 is 0 Å². The molecule has 34 heavy (non-hydrogen) atoms. The summed E-state index contributed by atoms with van der Waals surface area (Å²) in [7, 11) is 1.86. The summed E-state index contributed by atoms with van der Waals surface area (Å²) >= 11 is 0. The molecule has 1 saturated carbocycles. The van der Waals surface area contributed by atoms with Crippen molar-refractivity contribution in [1.29, 1.82) is 0 Å². The lowest BCUT2D eigenvalue weighted by Crippen LogP contribution is -2.15. The van der Waals surface area contributed by atoms with Gasteiger partial charge >= 0.3 is 0 Å². The van der Waals surface area contributed by atoms with Crippen LogP contribution in [-0.4, -0.2) is 41.4 Å². The van der Waals surface area contributed by atoms with Crippen molar-refractivity contribution in [1.82, 2.24) is 29.3 Å². The number of benzene rings is 1. The van der Waals surface area contributed by atoms with E-state index in [0.29, 0.717) is 40.7 Å². The number of carbonyl (C=O) groups is 1. The fraction of sp³-hybridized carbons (Fsp3) is 0.208. The van der Waals surface area contributed by atoms with Gasteiger partial charge in [0.1, 0.15) is 17.5 Å². The van der Waals surface area contributed by atoms with E-state index in [1.165, 1.54) is 0 Å². The zero-order chi connectivity index (χ0) is 23.4. The van der Waals surface area contributed by atoms with Gasteiger partial charge in [0, 0.05) is 36.3 Å². The molecule has 1 N–H and O–H groups in total. The zero-order valence-corrected chi connectivity index (χ0v) is 18.4. The Hall–Kier alpha value is -4.34. The molecule has 1 amide bonds. The van der Waals surface area contributed by atoms with Crippen molar-refractivity contribution < 1.29 is 13.7 Å². The molecule has 0 aliphatic heterocycles. The van der Waals surface area contributed by atoms with Gasteiger partial charge in [0.15, 0.2) is 0 Å². The lowest BCUT2D eigenvalue weighted by atomic mass is 10.1. The number of carbonyl (C=O) groups excluding carboxylic acids is 1. The third-order valence-corrected chi connectivity index (χ3v) is 5.97. The highest BCUT2D eigenvalue weighted by Gasteiger charge is 2.43. The number of fused-ring (bicyclic) bond motifs is 1. The number of hydrogen-bond donors (Lipinski definition) is 1. The Labute approximate surface area is 193 Å². The Kier molecular flexibility index (Phi) is 4.54. The molecule has 6 rings (SSSR count). The molecule has 0 bridgehead atoms. The predicted molar refractivity (Wildman–Crippen MR) is 122 cm³/mol. The van der Waals surface area contributed by atoms with E-state index in [1.807, 2.05) is 50.5 Å². The van der Waals surface area contributed by atoms with Crippen LogP contribution in [0.1, 0.15) is 34.3 Å². The Morgan fingerprint density at radius 2 is 2.03 bits per heavy atom. The summed E-state index contributed by atoms with van der Waals surface area (Å²) in [4.78, 5) is 21.8. The second-order valence-electron chi connectivity index (χ2n) is 8.46. The molecule has 0 spiro atoms. The molecule has 4 heterocycles. The third kappa shape index (κ3) is 3.53. The van der Waals surface area contributed by atoms with Crippen molar-refractivity contribution in [3.05, 3.63) is 72.1 Å². The van der Waals surface area contributed by atoms with E-state index >= 15 is 0 Å². The van der Waals surface area contributed by atoms with E-state index in [0.717, 1.165) is 16.8 Å². The number of nitrogens with zero attached hydrogens (tertiary/aromatic N) is 6. The van der Waals surface area contributed by atoms with Crippen molar-refractivity contribution in [2.45, 2.75) is 25.4 Å². The highest BCUT2D eigenvalue weighted by atomic mass is 19.1. The second-order valence-corrected chi connectivity index (χ2v) is 8.46. The molecule has 1 aliphatic carbocycles. The van der Waals surface area contributed by atoms with Crippen molar-refractivity contribution in [3.63, 3.8) is 0 Å². The van der Waals surface area contributed by atoms with Gasteiger partial charge in [-0.2, -0.15) is 10.1 Å². The van der Waals surface area contributed by atoms with Crippen LogP contribution in [-0.2, 0) is 7.05 Å². The summed E-state index contributed by atoms with van der Waals surface area (Å²) in [5.74, 6) is 0.0653. The highest BCUT2D eigenvalue weighted by molar-refractivity contribution is 6.04. The smallest absolute Gasteiger partial charge is 0.274 e. The molecule has 0 unspecified atom stereocenters. The van der Waals surface area contributed by atoms with Gasteiger partial charge in [0.2, 0.25) is 11.7 Å². The minimum absolute atomic E-state index is 0.301. The van der Waals surface area contributed by atoms with Crippen LogP contribution in [0.15, 0.2) is 59.5 Å². The lowest BCUT2D eigenvalue weighted by Gasteiger charge is -2.09. The number of pyridine rings is 1. The van der Waals surface area contributed by atoms with Crippen molar-refractivity contribution in [2.75, 3.05) is 5.32 Å². The number of imidazole rings is 1. The molecule has 0 radical (unpaired) electrons. The molecule has 4 aromatic heterocycles.